The fourth-order valence-electron chi connectivity index (χ4n) is 5.57. The minimum Gasteiger partial charge on any atom is -0.369 e. The quantitative estimate of drug-likeness (QED) is 0.252. The molecule has 1 atom stereocenters. The molecule has 13 heteroatoms. The number of nitrogens with zero attached hydrogens (tertiary/aromatic N) is 6. The number of ether oxygens (including phenoxy) is 1. The van der Waals surface area contributed by atoms with E-state index < -0.39 is 11.4 Å². The van der Waals surface area contributed by atoms with Gasteiger partial charge in [0, 0.05) is 43.1 Å². The molecule has 1 aliphatic carbocycles. The number of H-pyrrole nitrogens is 1. The fraction of sp³-hybridized carbons (Fsp3) is 0.429. The Bertz CT molecular complexity index is 1540. The van der Waals surface area contributed by atoms with Crippen LogP contribution in [0.1, 0.15) is 67.2 Å². The molecule has 6 rings (SSSR count). The number of anilines is 3. The Morgan fingerprint density at radius 3 is 2.73 bits per heavy atom. The standard InChI is InChI=1S/C28H33FN10O2/c1-16-12-22(38-37-16)34-26-21-8-11-30-25(21)35-24(36-26)18-6-9-28(41-3,10-7-18)27(40)33-17(2)19-4-5-23(31-13-19)39-15-20(29)14-32-39/h4-5,12-15,17-18H,6-11H2,1-3H3,(H,33,40)(H3,30,34,35,36,37,38)/t17-,18-,28+/m0/s1. The number of fused-ring (bicyclic) bond motifs is 1. The summed E-state index contributed by atoms with van der Waals surface area (Å²) in [6, 6.07) is 5.23. The van der Waals surface area contributed by atoms with Crippen molar-refractivity contribution in [2.24, 2.45) is 0 Å². The lowest BCUT2D eigenvalue weighted by Gasteiger charge is -2.38. The van der Waals surface area contributed by atoms with Gasteiger partial charge in [-0.3, -0.25) is 9.89 Å². The van der Waals surface area contributed by atoms with E-state index in [2.05, 4.69) is 36.2 Å². The summed E-state index contributed by atoms with van der Waals surface area (Å²) in [5, 5.41) is 21.0. The molecule has 1 aliphatic heterocycles. The van der Waals surface area contributed by atoms with E-state index in [4.69, 9.17) is 14.7 Å². The summed E-state index contributed by atoms with van der Waals surface area (Å²) < 4.78 is 20.5. The zero-order valence-electron chi connectivity index (χ0n) is 23.2. The highest BCUT2D eigenvalue weighted by atomic mass is 19.1. The van der Waals surface area contributed by atoms with E-state index in [1.807, 2.05) is 26.0 Å². The van der Waals surface area contributed by atoms with Crippen molar-refractivity contribution in [3.63, 3.8) is 0 Å². The third kappa shape index (κ3) is 5.36. The molecule has 4 N–H and O–H groups in total. The predicted molar refractivity (Wildman–Crippen MR) is 150 cm³/mol. The molecule has 1 amide bonds. The number of hydrogen-bond donors (Lipinski definition) is 4. The van der Waals surface area contributed by atoms with Crippen LogP contribution in [0.2, 0.25) is 0 Å². The van der Waals surface area contributed by atoms with Crippen molar-refractivity contribution in [1.29, 1.82) is 0 Å². The van der Waals surface area contributed by atoms with Crippen molar-refractivity contribution in [2.75, 3.05) is 24.3 Å². The number of aromatic nitrogens is 7. The number of aryl methyl sites for hydroxylation is 1. The summed E-state index contributed by atoms with van der Waals surface area (Å²) in [7, 11) is 1.59. The van der Waals surface area contributed by atoms with E-state index in [0.29, 0.717) is 37.3 Å². The molecule has 5 heterocycles. The molecule has 214 valence electrons. The van der Waals surface area contributed by atoms with Gasteiger partial charge >= 0.3 is 0 Å². The molecule has 0 aromatic carbocycles. The Hall–Kier alpha value is -4.39. The van der Waals surface area contributed by atoms with Crippen molar-refractivity contribution in [3.8, 4) is 5.82 Å². The number of halogens is 1. The van der Waals surface area contributed by atoms with E-state index in [9.17, 15) is 9.18 Å². The minimum absolute atomic E-state index is 0.0987. The van der Waals surface area contributed by atoms with Crippen molar-refractivity contribution < 1.29 is 13.9 Å². The monoisotopic (exact) mass is 560 g/mol. The van der Waals surface area contributed by atoms with Gasteiger partial charge in [-0.15, -0.1) is 0 Å². The Kier molecular flexibility index (Phi) is 7.12. The summed E-state index contributed by atoms with van der Waals surface area (Å²) in [6.07, 6.45) is 7.41. The number of nitrogens with one attached hydrogen (secondary N) is 4. The van der Waals surface area contributed by atoms with Gasteiger partial charge in [0.25, 0.3) is 5.91 Å². The second-order valence-electron chi connectivity index (χ2n) is 10.7. The van der Waals surface area contributed by atoms with Gasteiger partial charge in [-0.2, -0.15) is 10.2 Å². The van der Waals surface area contributed by atoms with Crippen molar-refractivity contribution >= 4 is 23.4 Å². The van der Waals surface area contributed by atoms with Gasteiger partial charge in [0.2, 0.25) is 0 Å². The van der Waals surface area contributed by atoms with Gasteiger partial charge in [0.15, 0.2) is 17.5 Å². The van der Waals surface area contributed by atoms with Crippen LogP contribution in [0, 0.1) is 12.7 Å². The lowest BCUT2D eigenvalue weighted by molar-refractivity contribution is -0.148. The maximum atomic E-state index is 13.5. The molecule has 41 heavy (non-hydrogen) atoms. The highest BCUT2D eigenvalue weighted by Gasteiger charge is 2.43. The van der Waals surface area contributed by atoms with Gasteiger partial charge in [-0.1, -0.05) is 6.07 Å². The molecule has 0 spiro atoms. The van der Waals surface area contributed by atoms with Crippen LogP contribution in [-0.2, 0) is 16.0 Å². The van der Waals surface area contributed by atoms with Gasteiger partial charge < -0.3 is 20.7 Å². The lowest BCUT2D eigenvalue weighted by atomic mass is 9.77. The van der Waals surface area contributed by atoms with Crippen LogP contribution >= 0.6 is 0 Å². The van der Waals surface area contributed by atoms with E-state index >= 15 is 0 Å². The molecule has 0 radical (unpaired) electrons. The van der Waals surface area contributed by atoms with Gasteiger partial charge in [0.05, 0.1) is 18.4 Å². The van der Waals surface area contributed by atoms with Gasteiger partial charge in [-0.05, 0) is 57.6 Å². The number of methoxy groups -OCH3 is 1. The Morgan fingerprint density at radius 1 is 1.24 bits per heavy atom. The zero-order valence-corrected chi connectivity index (χ0v) is 23.2. The third-order valence-corrected chi connectivity index (χ3v) is 8.01. The van der Waals surface area contributed by atoms with E-state index in [0.717, 1.165) is 53.4 Å². The SMILES string of the molecule is CO[C@]1(C(=O)N[C@@H](C)c2ccc(-n3cc(F)cn3)nc2)CC[C@H](c2nc3c(c(Nc4cc(C)[nH]n4)n2)CCN3)CC1. The Balaban J connectivity index is 1.12. The first kappa shape index (κ1) is 26.8. The molecule has 4 aromatic heterocycles. The van der Waals surface area contributed by atoms with Crippen LogP contribution in [-0.4, -0.2) is 60.1 Å². The van der Waals surface area contributed by atoms with Crippen molar-refractivity contribution in [3.05, 3.63) is 65.3 Å². The summed E-state index contributed by atoms with van der Waals surface area (Å²) in [5.41, 5.74) is 1.91. The number of carbonyl (C=O) groups is 1. The highest BCUT2D eigenvalue weighted by molar-refractivity contribution is 5.85. The van der Waals surface area contributed by atoms with Crippen LogP contribution in [0.25, 0.3) is 5.82 Å². The number of pyridine rings is 1. The second kappa shape index (κ2) is 10.9. The largest absolute Gasteiger partial charge is 0.369 e. The van der Waals surface area contributed by atoms with Crippen molar-refractivity contribution in [1.82, 2.24) is 40.2 Å². The average Bonchev–Trinajstić information content (AvgIpc) is 3.74. The summed E-state index contributed by atoms with van der Waals surface area (Å²) in [6.45, 7) is 4.67. The van der Waals surface area contributed by atoms with E-state index in [-0.39, 0.29) is 17.9 Å². The number of hydrogen-bond acceptors (Lipinski definition) is 9. The Morgan fingerprint density at radius 2 is 2.07 bits per heavy atom. The zero-order chi connectivity index (χ0) is 28.6. The van der Waals surface area contributed by atoms with Gasteiger partial charge in [-0.25, -0.2) is 24.0 Å². The second-order valence-corrected chi connectivity index (χ2v) is 10.7. The first-order chi connectivity index (χ1) is 19.8. The fourth-order valence-corrected chi connectivity index (χ4v) is 5.57. The molecule has 0 saturated heterocycles. The molecule has 0 unspecified atom stereocenters. The van der Waals surface area contributed by atoms with Crippen LogP contribution < -0.4 is 16.0 Å². The van der Waals surface area contributed by atoms with E-state index in [1.54, 1.807) is 19.4 Å². The molecule has 12 nitrogen and oxygen atoms in total. The maximum Gasteiger partial charge on any atom is 0.252 e. The van der Waals surface area contributed by atoms with Gasteiger partial charge in [0.1, 0.15) is 23.1 Å². The number of amides is 1. The first-order valence-electron chi connectivity index (χ1n) is 13.8. The van der Waals surface area contributed by atoms with Crippen LogP contribution in [0.15, 0.2) is 36.8 Å². The molecule has 4 aromatic rings. The number of rotatable bonds is 8. The van der Waals surface area contributed by atoms with E-state index in [1.165, 1.54) is 10.9 Å². The molecular weight excluding hydrogens is 527 g/mol. The highest BCUT2D eigenvalue weighted by Crippen LogP contribution is 2.41. The summed E-state index contributed by atoms with van der Waals surface area (Å²) >= 11 is 0. The molecule has 1 fully saturated rings. The minimum atomic E-state index is -0.937. The van der Waals surface area contributed by atoms with Crippen LogP contribution in [0.3, 0.4) is 0 Å². The first-order valence-corrected chi connectivity index (χ1v) is 13.8. The van der Waals surface area contributed by atoms with Crippen LogP contribution in [0.5, 0.6) is 0 Å². The number of carbonyl (C=O) groups excluding carboxylic acids is 1. The summed E-state index contributed by atoms with van der Waals surface area (Å²) in [4.78, 5) is 27.6. The van der Waals surface area contributed by atoms with Crippen molar-refractivity contribution in [2.45, 2.75) is 63.5 Å². The maximum absolute atomic E-state index is 13.5. The smallest absolute Gasteiger partial charge is 0.252 e. The Labute approximate surface area is 236 Å². The summed E-state index contributed by atoms with van der Waals surface area (Å²) in [5.74, 6) is 3.11. The molecule has 0 bridgehead atoms. The third-order valence-electron chi connectivity index (χ3n) is 8.01. The molecule has 2 aliphatic rings. The molecular formula is C28H33FN10O2. The molecule has 1 saturated carbocycles. The lowest BCUT2D eigenvalue weighted by Crippen LogP contribution is -2.50. The normalized spacial score (nSPS) is 20.7. The number of aromatic amines is 1. The van der Waals surface area contributed by atoms with Crippen LogP contribution in [0.4, 0.5) is 21.8 Å². The predicted octanol–water partition coefficient (Wildman–Crippen LogP) is 3.86. The topological polar surface area (TPSA) is 148 Å². The average molecular weight is 561 g/mol.